The van der Waals surface area contributed by atoms with Crippen molar-refractivity contribution >= 4 is 21.6 Å². The highest BCUT2D eigenvalue weighted by molar-refractivity contribution is 7.89. The second-order valence-corrected chi connectivity index (χ2v) is 9.53. The Balaban J connectivity index is 1.77. The van der Waals surface area contributed by atoms with Gasteiger partial charge < -0.3 is 4.74 Å². The molecule has 0 atom stereocenters. The molecule has 0 saturated heterocycles. The number of aromatic nitrogens is 3. The van der Waals surface area contributed by atoms with Gasteiger partial charge in [0.25, 0.3) is 11.5 Å². The molecule has 0 radical (unpaired) electrons. The van der Waals surface area contributed by atoms with Gasteiger partial charge in [0.2, 0.25) is 10.0 Å². The number of nitrogens with one attached hydrogen (secondary N) is 2. The Kier molecular flexibility index (Phi) is 6.35. The number of carbonyl (C=O) groups is 1. The van der Waals surface area contributed by atoms with Gasteiger partial charge in [0.1, 0.15) is 17.0 Å². The zero-order chi connectivity index (χ0) is 26.3. The van der Waals surface area contributed by atoms with Gasteiger partial charge in [-0.25, -0.2) is 18.1 Å². The molecule has 2 heterocycles. The molecule has 0 saturated carbocycles. The van der Waals surface area contributed by atoms with E-state index in [4.69, 9.17) is 4.74 Å². The van der Waals surface area contributed by atoms with Crippen molar-refractivity contribution < 1.29 is 31.1 Å². The third kappa shape index (κ3) is 4.82. The molecule has 13 heteroatoms. The first-order valence-corrected chi connectivity index (χ1v) is 12.0. The largest absolute Gasteiger partial charge is 0.497 e. The van der Waals surface area contributed by atoms with Crippen LogP contribution in [-0.2, 0) is 22.0 Å². The maximum atomic E-state index is 13.8. The van der Waals surface area contributed by atoms with Crippen LogP contribution >= 0.6 is 0 Å². The quantitative estimate of drug-likeness (QED) is 0.402. The molecule has 9 nitrogen and oxygen atoms in total. The van der Waals surface area contributed by atoms with Crippen LogP contribution < -0.4 is 15.0 Å². The first kappa shape index (κ1) is 25.0. The summed E-state index contributed by atoms with van der Waals surface area (Å²) in [6, 6.07) is 13.6. The normalized spacial score (nSPS) is 12.0. The summed E-state index contributed by atoms with van der Waals surface area (Å²) in [4.78, 5) is 30.0. The molecule has 2 N–H and O–H groups in total. The molecule has 188 valence electrons. The fourth-order valence-electron chi connectivity index (χ4n) is 3.73. The lowest BCUT2D eigenvalue weighted by molar-refractivity contribution is -0.140. The van der Waals surface area contributed by atoms with Crippen molar-refractivity contribution in [1.82, 2.24) is 19.3 Å². The Labute approximate surface area is 202 Å². The van der Waals surface area contributed by atoms with Crippen molar-refractivity contribution in [2.75, 3.05) is 7.11 Å². The number of aromatic amines is 1. The fourth-order valence-corrected chi connectivity index (χ4v) is 4.81. The highest BCUT2D eigenvalue weighted by atomic mass is 32.2. The van der Waals surface area contributed by atoms with Gasteiger partial charge in [-0.2, -0.15) is 17.7 Å². The van der Waals surface area contributed by atoms with Crippen LogP contribution in [-0.4, -0.2) is 36.0 Å². The number of H-pyrrole nitrogens is 1. The minimum Gasteiger partial charge on any atom is -0.497 e. The van der Waals surface area contributed by atoms with E-state index >= 15 is 0 Å². The van der Waals surface area contributed by atoms with Gasteiger partial charge in [-0.15, -0.1) is 0 Å². The van der Waals surface area contributed by atoms with E-state index in [2.05, 4.69) is 4.98 Å². The number of ether oxygens (including phenoxy) is 1. The molecule has 1 amide bonds. The van der Waals surface area contributed by atoms with E-state index < -0.39 is 44.7 Å². The molecule has 2 aromatic carbocycles. The Morgan fingerprint density at radius 1 is 1.14 bits per heavy atom. The molecule has 0 aliphatic carbocycles. The van der Waals surface area contributed by atoms with Crippen LogP contribution in [0.2, 0.25) is 0 Å². The Bertz CT molecular complexity index is 1630. The Morgan fingerprint density at radius 2 is 1.83 bits per heavy atom. The number of aryl methyl sites for hydroxylation is 1. The maximum Gasteiger partial charge on any atom is 0.433 e. The summed E-state index contributed by atoms with van der Waals surface area (Å²) in [5, 5.41) is 1.98. The predicted octanol–water partition coefficient (Wildman–Crippen LogP) is 3.29. The number of methoxy groups -OCH3 is 1. The van der Waals surface area contributed by atoms with Gasteiger partial charge in [-0.05, 0) is 30.2 Å². The SMILES string of the molecule is COc1cccc(CS(=O)(=O)NC(=O)c2c(C)nc3c(-c4ccccc4)c(C(F)(F)F)[nH]n3c2=O)c1. The molecule has 4 rings (SSSR count). The number of hydrogen-bond acceptors (Lipinski definition) is 6. The van der Waals surface area contributed by atoms with Gasteiger partial charge in [-0.1, -0.05) is 42.5 Å². The van der Waals surface area contributed by atoms with Crippen molar-refractivity contribution in [2.24, 2.45) is 0 Å². The number of nitrogens with zero attached hydrogens (tertiary/aromatic N) is 2. The van der Waals surface area contributed by atoms with Crippen LogP contribution in [0.25, 0.3) is 16.8 Å². The highest BCUT2D eigenvalue weighted by Gasteiger charge is 2.38. The lowest BCUT2D eigenvalue weighted by Crippen LogP contribution is -2.37. The minimum absolute atomic E-state index is 0.146. The Hall–Kier alpha value is -4.13. The molecule has 0 bridgehead atoms. The molecule has 36 heavy (non-hydrogen) atoms. The lowest BCUT2D eigenvalue weighted by Gasteiger charge is -2.09. The third-order valence-corrected chi connectivity index (χ3v) is 6.48. The van der Waals surface area contributed by atoms with E-state index in [0.29, 0.717) is 15.8 Å². The van der Waals surface area contributed by atoms with Crippen LogP contribution in [0.3, 0.4) is 0 Å². The summed E-state index contributed by atoms with van der Waals surface area (Å²) < 4.78 is 73.9. The third-order valence-electron chi connectivity index (χ3n) is 5.27. The number of fused-ring (bicyclic) bond motifs is 1. The number of halogens is 3. The smallest absolute Gasteiger partial charge is 0.433 e. The number of sulfonamides is 1. The van der Waals surface area contributed by atoms with E-state index in [0.717, 1.165) is 0 Å². The number of rotatable bonds is 6. The summed E-state index contributed by atoms with van der Waals surface area (Å²) in [6.45, 7) is 1.24. The maximum absolute atomic E-state index is 13.8. The van der Waals surface area contributed by atoms with Crippen LogP contribution in [0, 0.1) is 6.92 Å². The first-order valence-electron chi connectivity index (χ1n) is 10.4. The van der Waals surface area contributed by atoms with Crippen molar-refractivity contribution in [3.8, 4) is 16.9 Å². The average molecular weight is 520 g/mol. The van der Waals surface area contributed by atoms with Crippen molar-refractivity contribution in [3.63, 3.8) is 0 Å². The van der Waals surface area contributed by atoms with E-state index in [1.165, 1.54) is 50.4 Å². The lowest BCUT2D eigenvalue weighted by atomic mass is 10.1. The average Bonchev–Trinajstić information content (AvgIpc) is 3.19. The van der Waals surface area contributed by atoms with Crippen LogP contribution in [0.4, 0.5) is 13.2 Å². The first-order chi connectivity index (χ1) is 16.9. The number of carbonyl (C=O) groups excluding carboxylic acids is 1. The topological polar surface area (TPSA) is 123 Å². The van der Waals surface area contributed by atoms with Gasteiger partial charge in [0, 0.05) is 0 Å². The van der Waals surface area contributed by atoms with Gasteiger partial charge in [-0.3, -0.25) is 14.7 Å². The van der Waals surface area contributed by atoms with Crippen LogP contribution in [0.5, 0.6) is 5.75 Å². The van der Waals surface area contributed by atoms with Gasteiger partial charge in [0.05, 0.1) is 24.1 Å². The summed E-state index contributed by atoms with van der Waals surface area (Å²) in [6.07, 6.45) is -4.87. The number of amides is 1. The number of hydrogen-bond donors (Lipinski definition) is 2. The molecule has 0 unspecified atom stereocenters. The van der Waals surface area contributed by atoms with Crippen LogP contribution in [0.1, 0.15) is 27.3 Å². The second-order valence-electron chi connectivity index (χ2n) is 7.80. The van der Waals surface area contributed by atoms with Crippen molar-refractivity contribution in [3.05, 3.63) is 87.5 Å². The van der Waals surface area contributed by atoms with Crippen molar-refractivity contribution in [2.45, 2.75) is 18.9 Å². The molecule has 0 aliphatic rings. The summed E-state index contributed by atoms with van der Waals surface area (Å²) in [7, 11) is -2.88. The second kappa shape index (κ2) is 9.15. The van der Waals surface area contributed by atoms with Gasteiger partial charge in [0.15, 0.2) is 5.65 Å². The zero-order valence-corrected chi connectivity index (χ0v) is 19.7. The number of alkyl halides is 3. The molecular weight excluding hydrogens is 501 g/mol. The van der Waals surface area contributed by atoms with Gasteiger partial charge >= 0.3 is 6.18 Å². The molecule has 0 spiro atoms. The predicted molar refractivity (Wildman–Crippen MR) is 124 cm³/mol. The summed E-state index contributed by atoms with van der Waals surface area (Å²) in [5.74, 6) is -1.52. The monoisotopic (exact) mass is 520 g/mol. The molecule has 0 fully saturated rings. The van der Waals surface area contributed by atoms with Crippen molar-refractivity contribution in [1.29, 1.82) is 0 Å². The van der Waals surface area contributed by atoms with E-state index in [1.807, 2.05) is 5.10 Å². The molecule has 2 aromatic heterocycles. The molecular formula is C23H19F3N4O5S. The van der Waals surface area contributed by atoms with Crippen LogP contribution in [0.15, 0.2) is 59.4 Å². The minimum atomic E-state index is -4.87. The molecule has 4 aromatic rings. The highest BCUT2D eigenvalue weighted by Crippen LogP contribution is 2.38. The molecule has 0 aliphatic heterocycles. The zero-order valence-electron chi connectivity index (χ0n) is 18.9. The number of benzene rings is 2. The van der Waals surface area contributed by atoms with E-state index in [1.54, 1.807) is 22.9 Å². The fraction of sp³-hybridized carbons (Fsp3) is 0.174. The summed E-state index contributed by atoms with van der Waals surface area (Å²) >= 11 is 0. The van der Waals surface area contributed by atoms with E-state index in [-0.39, 0.29) is 22.5 Å². The standard InChI is InChI=1S/C23H19F3N4O5S/c1-13-17(21(31)29-36(33,34)12-14-7-6-10-16(11-14)35-2)22(32)30-20(27-13)18(15-8-4-3-5-9-15)19(28-30)23(24,25)26/h3-11,28H,12H2,1-2H3,(H,29,31). The summed E-state index contributed by atoms with van der Waals surface area (Å²) in [5.41, 5.74) is -3.64. The Morgan fingerprint density at radius 3 is 2.47 bits per heavy atom. The van der Waals surface area contributed by atoms with E-state index in [9.17, 15) is 31.2 Å².